The van der Waals surface area contributed by atoms with Gasteiger partial charge in [0.05, 0.1) is 11.4 Å². The van der Waals surface area contributed by atoms with Crippen molar-refractivity contribution in [3.8, 4) is 0 Å². The van der Waals surface area contributed by atoms with E-state index in [-0.39, 0.29) is 49.1 Å². The van der Waals surface area contributed by atoms with Crippen molar-refractivity contribution in [1.29, 1.82) is 0 Å². The molecule has 0 aliphatic carbocycles. The van der Waals surface area contributed by atoms with E-state index in [1.807, 2.05) is 5.38 Å². The minimum Gasteiger partial charge on any atom is -0.354 e. The number of piperidine rings is 1. The van der Waals surface area contributed by atoms with Crippen LogP contribution < -0.4 is 16.4 Å². The van der Waals surface area contributed by atoms with Crippen LogP contribution in [0.2, 0.25) is 0 Å². The third-order valence-electron chi connectivity index (χ3n) is 4.00. The van der Waals surface area contributed by atoms with Gasteiger partial charge in [-0.2, -0.15) is 0 Å². The second-order valence-electron chi connectivity index (χ2n) is 5.74. The molecule has 7 nitrogen and oxygen atoms in total. The molecule has 0 radical (unpaired) electrons. The number of nitrogens with two attached hydrogens (primary N) is 1. The van der Waals surface area contributed by atoms with Crippen molar-refractivity contribution in [2.75, 3.05) is 26.2 Å². The van der Waals surface area contributed by atoms with Crippen molar-refractivity contribution in [2.45, 2.75) is 31.7 Å². The molecular weight excluding hydrogens is 364 g/mol. The van der Waals surface area contributed by atoms with Crippen LogP contribution in [0, 0.1) is 0 Å². The van der Waals surface area contributed by atoms with E-state index >= 15 is 0 Å². The average Bonchev–Trinajstić information content (AvgIpc) is 3.13. The van der Waals surface area contributed by atoms with E-state index in [0.717, 1.165) is 19.3 Å². The first-order valence-electron chi connectivity index (χ1n) is 8.19. The summed E-state index contributed by atoms with van der Waals surface area (Å²) in [5, 5.41) is 7.31. The maximum absolute atomic E-state index is 12.4. The molecule has 0 aromatic carbocycles. The topological polar surface area (TPSA) is 105 Å². The third kappa shape index (κ3) is 6.64. The van der Waals surface area contributed by atoms with Gasteiger partial charge < -0.3 is 21.3 Å². The van der Waals surface area contributed by atoms with Gasteiger partial charge in [0.1, 0.15) is 0 Å². The summed E-state index contributed by atoms with van der Waals surface area (Å²) in [5.74, 6) is -0.442. The van der Waals surface area contributed by atoms with E-state index in [9.17, 15) is 14.4 Å². The highest BCUT2D eigenvalue weighted by atomic mass is 35.5. The van der Waals surface area contributed by atoms with Crippen LogP contribution in [-0.4, -0.2) is 54.8 Å². The monoisotopic (exact) mass is 388 g/mol. The Kier molecular flexibility index (Phi) is 9.48. The molecule has 3 amide bonds. The summed E-state index contributed by atoms with van der Waals surface area (Å²) in [7, 11) is 0. The molecule has 1 saturated heterocycles. The van der Waals surface area contributed by atoms with Crippen molar-refractivity contribution in [3.05, 3.63) is 22.4 Å². The Morgan fingerprint density at radius 2 is 2.08 bits per heavy atom. The van der Waals surface area contributed by atoms with Crippen LogP contribution in [-0.2, 0) is 9.59 Å². The van der Waals surface area contributed by atoms with E-state index in [2.05, 4.69) is 10.6 Å². The van der Waals surface area contributed by atoms with Crippen molar-refractivity contribution in [2.24, 2.45) is 5.73 Å². The van der Waals surface area contributed by atoms with Crippen LogP contribution in [0.5, 0.6) is 0 Å². The Morgan fingerprint density at radius 1 is 1.28 bits per heavy atom. The van der Waals surface area contributed by atoms with Gasteiger partial charge in [0.25, 0.3) is 5.91 Å². The fourth-order valence-corrected chi connectivity index (χ4v) is 3.38. The van der Waals surface area contributed by atoms with Crippen LogP contribution in [0.1, 0.15) is 35.4 Å². The smallest absolute Gasteiger partial charge is 0.261 e. The van der Waals surface area contributed by atoms with E-state index in [4.69, 9.17) is 5.73 Å². The zero-order valence-corrected chi connectivity index (χ0v) is 15.7. The quantitative estimate of drug-likeness (QED) is 0.640. The molecule has 140 valence electrons. The lowest BCUT2D eigenvalue weighted by Crippen LogP contribution is -2.52. The first-order chi connectivity index (χ1) is 11.6. The highest BCUT2D eigenvalue weighted by Crippen LogP contribution is 2.16. The number of halogens is 1. The largest absolute Gasteiger partial charge is 0.354 e. The minimum atomic E-state index is -0.233. The molecule has 2 heterocycles. The van der Waals surface area contributed by atoms with Crippen molar-refractivity contribution >= 4 is 41.5 Å². The summed E-state index contributed by atoms with van der Waals surface area (Å²) in [6, 6.07) is 3.50. The van der Waals surface area contributed by atoms with Crippen molar-refractivity contribution in [1.82, 2.24) is 15.5 Å². The molecule has 0 spiro atoms. The van der Waals surface area contributed by atoms with Crippen LogP contribution in [0.4, 0.5) is 0 Å². The molecule has 1 aromatic rings. The molecule has 1 aliphatic heterocycles. The predicted molar refractivity (Wildman–Crippen MR) is 99.9 cm³/mol. The number of nitrogens with zero attached hydrogens (tertiary/aromatic N) is 1. The zero-order valence-electron chi connectivity index (χ0n) is 14.0. The normalized spacial score (nSPS) is 16.7. The second kappa shape index (κ2) is 11.1. The molecule has 4 N–H and O–H groups in total. The van der Waals surface area contributed by atoms with Crippen molar-refractivity contribution in [3.63, 3.8) is 0 Å². The average molecular weight is 389 g/mol. The first kappa shape index (κ1) is 21.4. The first-order valence-corrected chi connectivity index (χ1v) is 9.07. The van der Waals surface area contributed by atoms with Gasteiger partial charge in [0.2, 0.25) is 11.8 Å². The van der Waals surface area contributed by atoms with E-state index < -0.39 is 0 Å². The molecule has 25 heavy (non-hydrogen) atoms. The molecule has 1 aromatic heterocycles. The number of carbonyl (C=O) groups excluding carboxylic acids is 3. The lowest BCUT2D eigenvalue weighted by Gasteiger charge is -2.36. The SMILES string of the molecule is Cl.NCCC(=O)NCC1CCCCN1C(=O)CNC(=O)c1cccs1. The standard InChI is InChI=1S/C16H24N4O3S.ClH/c17-7-6-14(21)18-10-12-4-1-2-8-20(12)15(22)11-19-16(23)13-5-3-9-24-13;/h3,5,9,12H,1-2,4,6-8,10-11,17H2,(H,18,21)(H,19,23);1H. The molecule has 1 fully saturated rings. The van der Waals surface area contributed by atoms with Crippen molar-refractivity contribution < 1.29 is 14.4 Å². The van der Waals surface area contributed by atoms with E-state index in [1.165, 1.54) is 11.3 Å². The van der Waals surface area contributed by atoms with Gasteiger partial charge in [-0.15, -0.1) is 23.7 Å². The van der Waals surface area contributed by atoms with Gasteiger partial charge in [0.15, 0.2) is 0 Å². The molecule has 0 saturated carbocycles. The molecule has 1 atom stereocenters. The van der Waals surface area contributed by atoms with Crippen LogP contribution >= 0.6 is 23.7 Å². The van der Waals surface area contributed by atoms with Crippen LogP contribution in [0.3, 0.4) is 0 Å². The number of hydrogen-bond donors (Lipinski definition) is 3. The van der Waals surface area contributed by atoms with E-state index in [0.29, 0.717) is 24.5 Å². The lowest BCUT2D eigenvalue weighted by atomic mass is 10.0. The molecular formula is C16H25ClN4O3S. The summed E-state index contributed by atoms with van der Waals surface area (Å²) >= 11 is 1.34. The van der Waals surface area contributed by atoms with Gasteiger partial charge in [-0.25, -0.2) is 0 Å². The minimum absolute atomic E-state index is 0. The fraction of sp³-hybridized carbons (Fsp3) is 0.562. The molecule has 9 heteroatoms. The Balaban J connectivity index is 0.00000312. The number of amides is 3. The number of carbonyl (C=O) groups is 3. The maximum Gasteiger partial charge on any atom is 0.261 e. The highest BCUT2D eigenvalue weighted by Gasteiger charge is 2.27. The second-order valence-corrected chi connectivity index (χ2v) is 6.69. The summed E-state index contributed by atoms with van der Waals surface area (Å²) in [5.41, 5.74) is 5.36. The Hall–Kier alpha value is -1.64. The number of hydrogen-bond acceptors (Lipinski definition) is 5. The van der Waals surface area contributed by atoms with Gasteiger partial charge >= 0.3 is 0 Å². The molecule has 1 aliphatic rings. The van der Waals surface area contributed by atoms with Gasteiger partial charge in [-0.3, -0.25) is 14.4 Å². The Bertz CT molecular complexity index is 568. The number of thiophene rings is 1. The summed E-state index contributed by atoms with van der Waals surface area (Å²) in [6.07, 6.45) is 3.12. The number of rotatable bonds is 7. The van der Waals surface area contributed by atoms with Gasteiger partial charge in [-0.05, 0) is 30.7 Å². The molecule has 0 bridgehead atoms. The van der Waals surface area contributed by atoms with Crippen LogP contribution in [0.15, 0.2) is 17.5 Å². The van der Waals surface area contributed by atoms with Crippen LogP contribution in [0.25, 0.3) is 0 Å². The fourth-order valence-electron chi connectivity index (χ4n) is 2.74. The Labute approximate surface area is 157 Å². The third-order valence-corrected chi connectivity index (χ3v) is 4.87. The molecule has 2 rings (SSSR count). The zero-order chi connectivity index (χ0) is 17.4. The van der Waals surface area contributed by atoms with Gasteiger partial charge in [-0.1, -0.05) is 6.07 Å². The number of nitrogens with one attached hydrogen (secondary N) is 2. The summed E-state index contributed by atoms with van der Waals surface area (Å²) < 4.78 is 0. The highest BCUT2D eigenvalue weighted by molar-refractivity contribution is 7.12. The molecule has 1 unspecified atom stereocenters. The van der Waals surface area contributed by atoms with Gasteiger partial charge in [0, 0.05) is 32.1 Å². The summed E-state index contributed by atoms with van der Waals surface area (Å²) in [4.78, 5) is 38.3. The lowest BCUT2D eigenvalue weighted by molar-refractivity contribution is -0.134. The maximum atomic E-state index is 12.4. The summed E-state index contributed by atoms with van der Waals surface area (Å²) in [6.45, 7) is 1.38. The number of likely N-dealkylation sites (tertiary alicyclic amines) is 1. The predicted octanol–water partition coefficient (Wildman–Crippen LogP) is 0.746. The van der Waals surface area contributed by atoms with E-state index in [1.54, 1.807) is 17.0 Å². The Morgan fingerprint density at radius 3 is 2.76 bits per heavy atom.